The molecule has 0 aliphatic carbocycles. The molecule has 0 bridgehead atoms. The van der Waals surface area contributed by atoms with Gasteiger partial charge < -0.3 is 5.73 Å². The highest BCUT2D eigenvalue weighted by Crippen LogP contribution is 2.31. The minimum absolute atomic E-state index is 0.701. The van der Waals surface area contributed by atoms with E-state index in [1.54, 1.807) is 6.07 Å². The number of hydrogen-bond donors (Lipinski definition) is 1. The average Bonchev–Trinajstić information content (AvgIpc) is 2.23. The van der Waals surface area contributed by atoms with Crippen LogP contribution in [0.2, 0.25) is 5.02 Å². The largest absolute Gasteiger partial charge is 0.399 e. The maximum Gasteiger partial charge on any atom is 0.0461 e. The summed E-state index contributed by atoms with van der Waals surface area (Å²) in [5.74, 6) is 0. The third kappa shape index (κ3) is 2.05. The standard InChI is InChI=1S/C14H14ClN/c1-9-4-3-5-11(6-9)13-7-12(16)8-14(15)10(13)2/h3-8H,16H2,1-2H3. The van der Waals surface area contributed by atoms with Crippen LogP contribution in [0.5, 0.6) is 0 Å². The predicted molar refractivity (Wildman–Crippen MR) is 70.8 cm³/mol. The molecule has 82 valence electrons. The molecule has 0 spiro atoms. The van der Waals surface area contributed by atoms with E-state index in [0.717, 1.165) is 21.7 Å². The molecule has 1 nitrogen and oxygen atoms in total. The third-order valence-electron chi connectivity index (χ3n) is 2.70. The number of nitrogens with two attached hydrogens (primary N) is 1. The summed E-state index contributed by atoms with van der Waals surface area (Å²) in [4.78, 5) is 0. The van der Waals surface area contributed by atoms with Crippen molar-refractivity contribution in [2.45, 2.75) is 13.8 Å². The average molecular weight is 232 g/mol. The van der Waals surface area contributed by atoms with Gasteiger partial charge in [0.15, 0.2) is 0 Å². The topological polar surface area (TPSA) is 26.0 Å². The van der Waals surface area contributed by atoms with Gasteiger partial charge in [0.1, 0.15) is 0 Å². The zero-order valence-electron chi connectivity index (χ0n) is 9.42. The second-order valence-corrected chi connectivity index (χ2v) is 4.45. The SMILES string of the molecule is Cc1cccc(-c2cc(N)cc(Cl)c2C)c1. The van der Waals surface area contributed by atoms with Gasteiger partial charge in [-0.05, 0) is 42.7 Å². The Hall–Kier alpha value is -1.47. The highest BCUT2D eigenvalue weighted by molar-refractivity contribution is 6.32. The van der Waals surface area contributed by atoms with Crippen molar-refractivity contribution in [1.82, 2.24) is 0 Å². The van der Waals surface area contributed by atoms with Crippen LogP contribution in [0.15, 0.2) is 36.4 Å². The van der Waals surface area contributed by atoms with Crippen LogP contribution in [0.3, 0.4) is 0 Å². The van der Waals surface area contributed by atoms with Crippen molar-refractivity contribution >= 4 is 17.3 Å². The molecule has 0 amide bonds. The van der Waals surface area contributed by atoms with Gasteiger partial charge in [-0.25, -0.2) is 0 Å². The summed E-state index contributed by atoms with van der Waals surface area (Å²) in [5, 5.41) is 0.719. The van der Waals surface area contributed by atoms with Gasteiger partial charge >= 0.3 is 0 Å². The minimum Gasteiger partial charge on any atom is -0.399 e. The number of nitrogen functional groups attached to an aromatic ring is 1. The Morgan fingerprint density at radius 2 is 1.81 bits per heavy atom. The van der Waals surface area contributed by atoms with E-state index in [4.69, 9.17) is 17.3 Å². The van der Waals surface area contributed by atoms with Crippen molar-refractivity contribution < 1.29 is 0 Å². The Morgan fingerprint density at radius 3 is 2.50 bits per heavy atom. The van der Waals surface area contributed by atoms with Crippen LogP contribution in [0, 0.1) is 13.8 Å². The quantitative estimate of drug-likeness (QED) is 0.732. The minimum atomic E-state index is 0.701. The van der Waals surface area contributed by atoms with Crippen molar-refractivity contribution in [3.8, 4) is 11.1 Å². The zero-order chi connectivity index (χ0) is 11.7. The van der Waals surface area contributed by atoms with Crippen LogP contribution in [0.1, 0.15) is 11.1 Å². The van der Waals surface area contributed by atoms with E-state index >= 15 is 0 Å². The molecular formula is C14H14ClN. The second kappa shape index (κ2) is 4.18. The summed E-state index contributed by atoms with van der Waals surface area (Å²) in [7, 11) is 0. The van der Waals surface area contributed by atoms with E-state index in [0.29, 0.717) is 5.69 Å². The van der Waals surface area contributed by atoms with Gasteiger partial charge in [0.2, 0.25) is 0 Å². The van der Waals surface area contributed by atoms with E-state index in [1.807, 2.05) is 19.1 Å². The van der Waals surface area contributed by atoms with Gasteiger partial charge in [-0.2, -0.15) is 0 Å². The molecule has 0 atom stereocenters. The summed E-state index contributed by atoms with van der Waals surface area (Å²) >= 11 is 6.13. The lowest BCUT2D eigenvalue weighted by Gasteiger charge is -2.10. The second-order valence-electron chi connectivity index (χ2n) is 4.04. The van der Waals surface area contributed by atoms with Crippen LogP contribution < -0.4 is 5.73 Å². The molecular weight excluding hydrogens is 218 g/mol. The Morgan fingerprint density at radius 1 is 1.06 bits per heavy atom. The summed E-state index contributed by atoms with van der Waals surface area (Å²) in [6.45, 7) is 4.09. The van der Waals surface area contributed by atoms with Crippen LogP contribution in [0.25, 0.3) is 11.1 Å². The molecule has 16 heavy (non-hydrogen) atoms. The molecule has 0 saturated heterocycles. The van der Waals surface area contributed by atoms with Crippen molar-refractivity contribution in [2.24, 2.45) is 0 Å². The predicted octanol–water partition coefficient (Wildman–Crippen LogP) is 4.21. The number of halogens is 1. The van der Waals surface area contributed by atoms with Gasteiger partial charge in [0.25, 0.3) is 0 Å². The maximum absolute atomic E-state index is 6.13. The first-order chi connectivity index (χ1) is 7.58. The first-order valence-corrected chi connectivity index (χ1v) is 5.58. The van der Waals surface area contributed by atoms with E-state index < -0.39 is 0 Å². The number of rotatable bonds is 1. The molecule has 2 aromatic carbocycles. The lowest BCUT2D eigenvalue weighted by molar-refractivity contribution is 1.42. The third-order valence-corrected chi connectivity index (χ3v) is 3.09. The van der Waals surface area contributed by atoms with Crippen LogP contribution >= 0.6 is 11.6 Å². The van der Waals surface area contributed by atoms with Gasteiger partial charge in [-0.3, -0.25) is 0 Å². The van der Waals surface area contributed by atoms with Crippen LogP contribution in [0.4, 0.5) is 5.69 Å². The summed E-state index contributed by atoms with van der Waals surface area (Å²) < 4.78 is 0. The van der Waals surface area contributed by atoms with Crippen LogP contribution in [-0.4, -0.2) is 0 Å². The van der Waals surface area contributed by atoms with Crippen molar-refractivity contribution in [1.29, 1.82) is 0 Å². The number of benzene rings is 2. The zero-order valence-corrected chi connectivity index (χ0v) is 10.2. The lowest BCUT2D eigenvalue weighted by Crippen LogP contribution is -1.90. The maximum atomic E-state index is 6.13. The fourth-order valence-electron chi connectivity index (χ4n) is 1.81. The highest BCUT2D eigenvalue weighted by Gasteiger charge is 2.06. The van der Waals surface area contributed by atoms with Gasteiger partial charge in [-0.15, -0.1) is 0 Å². The Bertz CT molecular complexity index is 532. The van der Waals surface area contributed by atoms with E-state index in [1.165, 1.54) is 5.56 Å². The van der Waals surface area contributed by atoms with Gasteiger partial charge in [-0.1, -0.05) is 41.4 Å². The molecule has 0 unspecified atom stereocenters. The first-order valence-electron chi connectivity index (χ1n) is 5.20. The Kier molecular flexibility index (Phi) is 2.88. The van der Waals surface area contributed by atoms with Crippen molar-refractivity contribution in [3.05, 3.63) is 52.5 Å². The number of anilines is 1. The normalized spacial score (nSPS) is 10.4. The molecule has 0 radical (unpaired) electrons. The highest BCUT2D eigenvalue weighted by atomic mass is 35.5. The summed E-state index contributed by atoms with van der Waals surface area (Å²) in [6, 6.07) is 12.1. The Labute approximate surface area is 101 Å². The van der Waals surface area contributed by atoms with E-state index in [9.17, 15) is 0 Å². The summed E-state index contributed by atoms with van der Waals surface area (Å²) in [6.07, 6.45) is 0. The smallest absolute Gasteiger partial charge is 0.0461 e. The molecule has 0 aromatic heterocycles. The molecule has 2 rings (SSSR count). The fourth-order valence-corrected chi connectivity index (χ4v) is 2.04. The molecule has 0 aliphatic heterocycles. The van der Waals surface area contributed by atoms with Crippen molar-refractivity contribution in [2.75, 3.05) is 5.73 Å². The van der Waals surface area contributed by atoms with Crippen LogP contribution in [-0.2, 0) is 0 Å². The molecule has 0 saturated carbocycles. The molecule has 2 aromatic rings. The van der Waals surface area contributed by atoms with E-state index in [-0.39, 0.29) is 0 Å². The summed E-state index contributed by atoms with van der Waals surface area (Å²) in [5.41, 5.74) is 11.1. The first kappa shape index (κ1) is 11.0. The fraction of sp³-hybridized carbons (Fsp3) is 0.143. The lowest BCUT2D eigenvalue weighted by atomic mass is 9.98. The molecule has 0 aliphatic rings. The molecule has 0 heterocycles. The van der Waals surface area contributed by atoms with Gasteiger partial charge in [0, 0.05) is 10.7 Å². The molecule has 0 fully saturated rings. The number of hydrogen-bond acceptors (Lipinski definition) is 1. The monoisotopic (exact) mass is 231 g/mol. The molecule has 2 heteroatoms. The van der Waals surface area contributed by atoms with Gasteiger partial charge in [0.05, 0.1) is 0 Å². The Balaban J connectivity index is 2.64. The number of aryl methyl sites for hydroxylation is 1. The van der Waals surface area contributed by atoms with Crippen molar-refractivity contribution in [3.63, 3.8) is 0 Å². The van der Waals surface area contributed by atoms with E-state index in [2.05, 4.69) is 25.1 Å². The molecule has 2 N–H and O–H groups in total.